The highest BCUT2D eigenvalue weighted by Crippen LogP contribution is 2.34. The molecule has 1 aliphatic rings. The van der Waals surface area contributed by atoms with E-state index in [1.165, 1.54) is 45.8 Å². The van der Waals surface area contributed by atoms with Gasteiger partial charge in [0, 0.05) is 30.8 Å². The Kier molecular flexibility index (Phi) is 7.52. The number of ether oxygens (including phenoxy) is 3. The van der Waals surface area contributed by atoms with Gasteiger partial charge in [0.2, 0.25) is 0 Å². The van der Waals surface area contributed by atoms with E-state index in [1.54, 1.807) is 18.2 Å². The number of nitrogens with one attached hydrogen (secondary N) is 1. The Hall–Kier alpha value is -3.06. The SMILES string of the molecule is COC(=O)c1cc(OC)c(OC)cc1NC(=O)c1ccc(CN2CCC[C@H](C)C2)cc1. The topological polar surface area (TPSA) is 77.1 Å². The second-order valence-electron chi connectivity index (χ2n) is 7.88. The van der Waals surface area contributed by atoms with Gasteiger partial charge >= 0.3 is 5.97 Å². The first kappa shape index (κ1) is 22.6. The summed E-state index contributed by atoms with van der Waals surface area (Å²) >= 11 is 0. The average Bonchev–Trinajstić information content (AvgIpc) is 2.78. The summed E-state index contributed by atoms with van der Waals surface area (Å²) in [7, 11) is 4.25. The van der Waals surface area contributed by atoms with Crippen molar-refractivity contribution in [2.75, 3.05) is 39.7 Å². The molecule has 7 heteroatoms. The van der Waals surface area contributed by atoms with Gasteiger partial charge in [-0.2, -0.15) is 0 Å². The van der Waals surface area contributed by atoms with E-state index in [0.29, 0.717) is 22.7 Å². The Morgan fingerprint density at radius 3 is 2.35 bits per heavy atom. The van der Waals surface area contributed by atoms with Crippen molar-refractivity contribution in [3.63, 3.8) is 0 Å². The smallest absolute Gasteiger partial charge is 0.340 e. The number of anilines is 1. The van der Waals surface area contributed by atoms with Crippen molar-refractivity contribution in [2.45, 2.75) is 26.3 Å². The predicted octanol–water partition coefficient (Wildman–Crippen LogP) is 3.97. The van der Waals surface area contributed by atoms with Crippen LogP contribution >= 0.6 is 0 Å². The van der Waals surface area contributed by atoms with Crippen LogP contribution in [0.2, 0.25) is 0 Å². The van der Waals surface area contributed by atoms with Crippen LogP contribution in [0.25, 0.3) is 0 Å². The average molecular weight is 427 g/mol. The molecule has 2 aromatic rings. The Morgan fingerprint density at radius 2 is 1.74 bits per heavy atom. The molecular formula is C24H30N2O5. The van der Waals surface area contributed by atoms with Gasteiger partial charge in [0.25, 0.3) is 5.91 Å². The Labute approximate surface area is 183 Å². The van der Waals surface area contributed by atoms with Crippen LogP contribution in [0.1, 0.15) is 46.0 Å². The number of amides is 1. The molecule has 1 fully saturated rings. The number of nitrogens with zero attached hydrogens (tertiary/aromatic N) is 1. The molecule has 1 heterocycles. The summed E-state index contributed by atoms with van der Waals surface area (Å²) < 4.78 is 15.4. The number of carbonyl (C=O) groups excluding carboxylic acids is 2. The van der Waals surface area contributed by atoms with Crippen molar-refractivity contribution < 1.29 is 23.8 Å². The number of piperidine rings is 1. The quantitative estimate of drug-likeness (QED) is 0.675. The van der Waals surface area contributed by atoms with Gasteiger partial charge < -0.3 is 19.5 Å². The minimum atomic E-state index is -0.581. The van der Waals surface area contributed by atoms with Crippen molar-refractivity contribution in [1.82, 2.24) is 4.90 Å². The van der Waals surface area contributed by atoms with Gasteiger partial charge in [-0.05, 0) is 43.0 Å². The molecule has 1 atom stereocenters. The van der Waals surface area contributed by atoms with Gasteiger partial charge in [0.15, 0.2) is 11.5 Å². The number of carbonyl (C=O) groups is 2. The third-order valence-corrected chi connectivity index (χ3v) is 5.54. The number of hydrogen-bond donors (Lipinski definition) is 1. The Bertz CT molecular complexity index is 926. The van der Waals surface area contributed by atoms with Gasteiger partial charge in [-0.25, -0.2) is 4.79 Å². The zero-order valence-electron chi connectivity index (χ0n) is 18.6. The maximum atomic E-state index is 12.8. The molecule has 1 amide bonds. The van der Waals surface area contributed by atoms with Crippen LogP contribution < -0.4 is 14.8 Å². The monoisotopic (exact) mass is 426 g/mol. The predicted molar refractivity (Wildman–Crippen MR) is 119 cm³/mol. The lowest BCUT2D eigenvalue weighted by Crippen LogP contribution is -2.33. The van der Waals surface area contributed by atoms with Crippen molar-refractivity contribution in [2.24, 2.45) is 5.92 Å². The van der Waals surface area contributed by atoms with E-state index in [2.05, 4.69) is 17.1 Å². The molecule has 0 unspecified atom stereocenters. The van der Waals surface area contributed by atoms with E-state index >= 15 is 0 Å². The molecule has 0 aromatic heterocycles. The maximum Gasteiger partial charge on any atom is 0.340 e. The van der Waals surface area contributed by atoms with Crippen LogP contribution in [0.5, 0.6) is 11.5 Å². The van der Waals surface area contributed by atoms with Crippen LogP contribution in [0, 0.1) is 5.92 Å². The normalized spacial score (nSPS) is 16.5. The lowest BCUT2D eigenvalue weighted by molar-refractivity contribution is 0.0601. The first-order valence-corrected chi connectivity index (χ1v) is 10.4. The fourth-order valence-corrected chi connectivity index (χ4v) is 3.91. The molecule has 166 valence electrons. The van der Waals surface area contributed by atoms with Crippen LogP contribution in [-0.2, 0) is 11.3 Å². The Morgan fingerprint density at radius 1 is 1.06 bits per heavy atom. The summed E-state index contributed by atoms with van der Waals surface area (Å²) in [4.78, 5) is 27.5. The van der Waals surface area contributed by atoms with Gasteiger partial charge in [-0.1, -0.05) is 19.1 Å². The summed E-state index contributed by atoms with van der Waals surface area (Å²) in [6, 6.07) is 10.6. The summed E-state index contributed by atoms with van der Waals surface area (Å²) in [5.41, 5.74) is 2.15. The highest BCUT2D eigenvalue weighted by atomic mass is 16.5. The highest BCUT2D eigenvalue weighted by molar-refractivity contribution is 6.08. The van der Waals surface area contributed by atoms with E-state index in [0.717, 1.165) is 25.6 Å². The van der Waals surface area contributed by atoms with Crippen LogP contribution in [0.15, 0.2) is 36.4 Å². The van der Waals surface area contributed by atoms with E-state index in [4.69, 9.17) is 14.2 Å². The number of esters is 1. The molecule has 1 aliphatic heterocycles. The second-order valence-corrected chi connectivity index (χ2v) is 7.88. The van der Waals surface area contributed by atoms with E-state index in [-0.39, 0.29) is 11.5 Å². The lowest BCUT2D eigenvalue weighted by Gasteiger charge is -2.30. The molecule has 0 aliphatic carbocycles. The van der Waals surface area contributed by atoms with Crippen molar-refractivity contribution >= 4 is 17.6 Å². The van der Waals surface area contributed by atoms with E-state index in [9.17, 15) is 9.59 Å². The standard InChI is InChI=1S/C24H30N2O5/c1-16-6-5-11-26(14-16)15-17-7-9-18(10-8-17)23(27)25-20-13-22(30-3)21(29-2)12-19(20)24(28)31-4/h7-10,12-13,16H,5-6,11,14-15H2,1-4H3,(H,25,27)/t16-/m0/s1. The number of rotatable bonds is 7. The van der Waals surface area contributed by atoms with Crippen LogP contribution in [0.4, 0.5) is 5.69 Å². The third kappa shape index (κ3) is 5.55. The fraction of sp³-hybridized carbons (Fsp3) is 0.417. The zero-order chi connectivity index (χ0) is 22.4. The van der Waals surface area contributed by atoms with E-state index in [1.807, 2.05) is 12.1 Å². The lowest BCUT2D eigenvalue weighted by atomic mass is 9.99. The minimum Gasteiger partial charge on any atom is -0.493 e. The van der Waals surface area contributed by atoms with Gasteiger partial charge in [0.1, 0.15) is 0 Å². The molecule has 0 saturated carbocycles. The van der Waals surface area contributed by atoms with Gasteiger partial charge in [-0.15, -0.1) is 0 Å². The zero-order valence-corrected chi connectivity index (χ0v) is 18.6. The fourth-order valence-electron chi connectivity index (χ4n) is 3.91. The maximum absolute atomic E-state index is 12.8. The number of benzene rings is 2. The molecule has 0 bridgehead atoms. The molecule has 1 saturated heterocycles. The molecule has 0 radical (unpaired) electrons. The van der Waals surface area contributed by atoms with Crippen molar-refractivity contribution in [3.8, 4) is 11.5 Å². The van der Waals surface area contributed by atoms with Crippen LogP contribution in [-0.4, -0.2) is 51.2 Å². The third-order valence-electron chi connectivity index (χ3n) is 5.54. The van der Waals surface area contributed by atoms with Gasteiger partial charge in [-0.3, -0.25) is 9.69 Å². The van der Waals surface area contributed by atoms with Crippen molar-refractivity contribution in [1.29, 1.82) is 0 Å². The van der Waals surface area contributed by atoms with E-state index < -0.39 is 5.97 Å². The molecule has 31 heavy (non-hydrogen) atoms. The number of hydrogen-bond acceptors (Lipinski definition) is 6. The minimum absolute atomic E-state index is 0.185. The number of likely N-dealkylation sites (tertiary alicyclic amines) is 1. The highest BCUT2D eigenvalue weighted by Gasteiger charge is 2.20. The summed E-state index contributed by atoms with van der Waals surface area (Å²) in [6.07, 6.45) is 2.52. The first-order chi connectivity index (χ1) is 14.9. The number of methoxy groups -OCH3 is 3. The first-order valence-electron chi connectivity index (χ1n) is 10.4. The largest absolute Gasteiger partial charge is 0.493 e. The second kappa shape index (κ2) is 10.3. The summed E-state index contributed by atoms with van der Waals surface area (Å²) in [6.45, 7) is 5.39. The molecule has 2 aromatic carbocycles. The molecule has 1 N–H and O–H groups in total. The van der Waals surface area contributed by atoms with Crippen LogP contribution in [0.3, 0.4) is 0 Å². The summed E-state index contributed by atoms with van der Waals surface area (Å²) in [5.74, 6) is 0.594. The van der Waals surface area contributed by atoms with Gasteiger partial charge in [0.05, 0.1) is 32.6 Å². The molecule has 3 rings (SSSR count). The molecule has 7 nitrogen and oxygen atoms in total. The molecule has 0 spiro atoms. The summed E-state index contributed by atoms with van der Waals surface area (Å²) in [5, 5.41) is 2.79. The molecular weight excluding hydrogens is 396 g/mol. The Balaban J connectivity index is 1.75. The van der Waals surface area contributed by atoms with Crippen molar-refractivity contribution in [3.05, 3.63) is 53.1 Å².